The maximum Gasteiger partial charge on any atom is 0.179 e. The highest BCUT2D eigenvalue weighted by molar-refractivity contribution is 7.19. The first-order valence-electron chi connectivity index (χ1n) is 29.1. The monoisotopic (exact) mass is 1030 g/mol. The maximum absolute atomic E-state index is 2.75. The smallest absolute Gasteiger partial charge is 0.179 e. The molecule has 380 valence electrons. The molecule has 17 rings (SSSR count). The van der Waals surface area contributed by atoms with Crippen LogP contribution in [0.2, 0.25) is 0 Å². The molecule has 4 bridgehead atoms. The Kier molecular flexibility index (Phi) is 10.6. The van der Waals surface area contributed by atoms with Crippen LogP contribution in [0.15, 0.2) is 261 Å². The number of benzene rings is 11. The second-order valence-corrected chi connectivity index (χ2v) is 28.2. The van der Waals surface area contributed by atoms with Gasteiger partial charge in [-0.2, -0.15) is 0 Å². The fraction of sp³-hybridized carbons (Fsp3) is 0.169. The fourth-order valence-corrected chi connectivity index (χ4v) is 21.8. The third-order valence-electron chi connectivity index (χ3n) is 20.2. The molecule has 1 nitrogen and oxygen atoms in total. The predicted molar refractivity (Wildman–Crippen MR) is 334 cm³/mol. The summed E-state index contributed by atoms with van der Waals surface area (Å²) in [5.41, 5.74) is 20.1. The maximum atomic E-state index is 2.58. The van der Waals surface area contributed by atoms with Gasteiger partial charge in [-0.05, 0) is 203 Å². The number of rotatable bonds is 9. The molecule has 4 fully saturated rings. The Bertz CT molecular complexity index is 4030. The van der Waals surface area contributed by atoms with Crippen LogP contribution >= 0.6 is 0 Å². The van der Waals surface area contributed by atoms with E-state index in [0.29, 0.717) is 0 Å². The molecule has 4 saturated carbocycles. The molecular weight excluding hydrogens is 967 g/mol. The van der Waals surface area contributed by atoms with Crippen LogP contribution in [0.1, 0.15) is 68.2 Å². The average molecular weight is 1030 g/mol. The van der Waals surface area contributed by atoms with Gasteiger partial charge >= 0.3 is 0 Å². The summed E-state index contributed by atoms with van der Waals surface area (Å²) in [5, 5.41) is 7.99. The lowest BCUT2D eigenvalue weighted by Crippen LogP contribution is -2.74. The van der Waals surface area contributed by atoms with Gasteiger partial charge in [-0.1, -0.05) is 226 Å². The molecule has 11 aromatic carbocycles. The van der Waals surface area contributed by atoms with Crippen molar-refractivity contribution in [1.29, 1.82) is 0 Å². The van der Waals surface area contributed by atoms with E-state index in [0.717, 1.165) is 40.7 Å². The van der Waals surface area contributed by atoms with Crippen LogP contribution in [-0.2, 0) is 10.8 Å². The van der Waals surface area contributed by atoms with E-state index in [9.17, 15) is 0 Å². The lowest BCUT2D eigenvalue weighted by Gasteiger charge is -2.61. The van der Waals surface area contributed by atoms with Crippen molar-refractivity contribution in [1.82, 2.24) is 0 Å². The van der Waals surface area contributed by atoms with Gasteiger partial charge in [0.25, 0.3) is 0 Å². The molecule has 0 atom stereocenters. The molecule has 0 radical (unpaired) electrons. The van der Waals surface area contributed by atoms with Crippen LogP contribution in [0.3, 0.4) is 0 Å². The minimum Gasteiger partial charge on any atom is -0.310 e. The number of fused-ring (bicyclic) bond motifs is 7. The van der Waals surface area contributed by atoms with Gasteiger partial charge in [0.1, 0.15) is 0 Å². The molecule has 6 aliphatic rings. The zero-order chi connectivity index (χ0) is 52.5. The first kappa shape index (κ1) is 46.8. The standard InChI is InChI=1S/C77H63NSi/c1-76(2)72-40-31-55(56-32-41-75-69(48-56)68-26-14-15-28-74(68)77(75)57-44-51-43-52(46-57)47-58(77)45-51)49-70(72)71-50-61(37-42-73(71)76)78(59-33-29-54(30-34-59)67-27-16-18-53-17-12-13-25-66(53)67)60-35-38-65(39-36-60)79(62-19-6-3-7-20-62,63-21-8-4-9-22-63)64-23-10-5-11-24-64/h3-42,48-52,57-58H,43-47H2,1-2H3. The number of anilines is 3. The second-order valence-electron chi connectivity index (χ2n) is 24.4. The van der Waals surface area contributed by atoms with E-state index < -0.39 is 8.07 Å². The lowest BCUT2D eigenvalue weighted by atomic mass is 9.43. The molecule has 0 unspecified atom stereocenters. The molecule has 0 N–H and O–H groups in total. The normalized spacial score (nSPS) is 20.7. The molecule has 1 spiro atoms. The van der Waals surface area contributed by atoms with Crippen LogP contribution in [0.4, 0.5) is 17.1 Å². The Labute approximate surface area is 466 Å². The van der Waals surface area contributed by atoms with E-state index in [1.807, 2.05) is 0 Å². The highest BCUT2D eigenvalue weighted by Gasteiger charge is 2.61. The largest absolute Gasteiger partial charge is 0.310 e. The van der Waals surface area contributed by atoms with Crippen molar-refractivity contribution in [2.75, 3.05) is 4.90 Å². The van der Waals surface area contributed by atoms with Gasteiger partial charge in [0.05, 0.1) is 0 Å². The van der Waals surface area contributed by atoms with Gasteiger partial charge in [-0.15, -0.1) is 0 Å². The lowest BCUT2D eigenvalue weighted by molar-refractivity contribution is -0.0399. The third kappa shape index (κ3) is 6.93. The molecule has 0 heterocycles. The summed E-state index contributed by atoms with van der Waals surface area (Å²) < 4.78 is 0. The van der Waals surface area contributed by atoms with Crippen molar-refractivity contribution in [3.05, 3.63) is 283 Å². The van der Waals surface area contributed by atoms with Gasteiger partial charge in [-0.25, -0.2) is 0 Å². The summed E-state index contributed by atoms with van der Waals surface area (Å²) in [5.74, 6) is 3.39. The molecule has 0 aromatic heterocycles. The highest BCUT2D eigenvalue weighted by atomic mass is 28.3. The molecule has 2 heteroatoms. The van der Waals surface area contributed by atoms with E-state index in [4.69, 9.17) is 0 Å². The highest BCUT2D eigenvalue weighted by Crippen LogP contribution is 2.69. The van der Waals surface area contributed by atoms with Gasteiger partial charge < -0.3 is 4.90 Å². The summed E-state index contributed by atoms with van der Waals surface area (Å²) >= 11 is 0. The molecule has 79 heavy (non-hydrogen) atoms. The molecule has 0 aliphatic heterocycles. The predicted octanol–water partition coefficient (Wildman–Crippen LogP) is 17.0. The van der Waals surface area contributed by atoms with Gasteiger partial charge in [0.15, 0.2) is 8.07 Å². The molecule has 0 amide bonds. The minimum atomic E-state index is -2.75. The Morgan fingerprint density at radius 1 is 0.329 bits per heavy atom. The summed E-state index contributed by atoms with van der Waals surface area (Å²) in [6, 6.07) is 99.9. The Hall–Kier alpha value is -8.30. The second kappa shape index (κ2) is 17.9. The van der Waals surface area contributed by atoms with Crippen LogP contribution in [-0.4, -0.2) is 8.07 Å². The summed E-state index contributed by atoms with van der Waals surface area (Å²) in [4.78, 5) is 2.49. The van der Waals surface area contributed by atoms with Gasteiger partial charge in [-0.3, -0.25) is 0 Å². The summed E-state index contributed by atoms with van der Waals surface area (Å²) in [6.45, 7) is 4.83. The van der Waals surface area contributed by atoms with Crippen molar-refractivity contribution in [3.8, 4) is 44.5 Å². The van der Waals surface area contributed by atoms with E-state index in [-0.39, 0.29) is 10.8 Å². The van der Waals surface area contributed by atoms with E-state index in [1.165, 1.54) is 119 Å². The van der Waals surface area contributed by atoms with Crippen LogP contribution in [0.5, 0.6) is 0 Å². The fourth-order valence-electron chi connectivity index (χ4n) is 17.1. The SMILES string of the molecule is CC1(C)c2ccc(-c3ccc4c(c3)-c3ccccc3C43C4CC5CC(C4)CC3C5)cc2-c2cc(N(c3ccc(-c4cccc5ccccc45)cc3)c3ccc([Si](c4ccccc4)(c4ccccc4)c4ccccc4)cc3)ccc21. The van der Waals surface area contributed by atoms with E-state index in [1.54, 1.807) is 11.1 Å². The number of hydrogen-bond donors (Lipinski definition) is 0. The molecule has 6 aliphatic carbocycles. The topological polar surface area (TPSA) is 3.24 Å². The molecule has 0 saturated heterocycles. The number of nitrogens with zero attached hydrogens (tertiary/aromatic N) is 1. The first-order chi connectivity index (χ1) is 38.9. The minimum absolute atomic E-state index is 0.155. The van der Waals surface area contributed by atoms with Crippen LogP contribution < -0.4 is 25.6 Å². The van der Waals surface area contributed by atoms with Crippen molar-refractivity contribution in [2.24, 2.45) is 23.7 Å². The van der Waals surface area contributed by atoms with Crippen LogP contribution in [0, 0.1) is 23.7 Å². The molecule has 11 aromatic rings. The van der Waals surface area contributed by atoms with E-state index in [2.05, 4.69) is 280 Å². The Balaban J connectivity index is 0.830. The van der Waals surface area contributed by atoms with E-state index >= 15 is 0 Å². The Morgan fingerprint density at radius 2 is 0.759 bits per heavy atom. The van der Waals surface area contributed by atoms with Gasteiger partial charge in [0, 0.05) is 27.9 Å². The Morgan fingerprint density at radius 3 is 1.38 bits per heavy atom. The molecular formula is C77H63NSi. The summed E-state index contributed by atoms with van der Waals surface area (Å²) in [7, 11) is -2.75. The summed E-state index contributed by atoms with van der Waals surface area (Å²) in [6.07, 6.45) is 7.10. The zero-order valence-electron chi connectivity index (χ0n) is 45.1. The zero-order valence-corrected chi connectivity index (χ0v) is 46.1. The van der Waals surface area contributed by atoms with Crippen molar-refractivity contribution in [2.45, 2.75) is 56.8 Å². The van der Waals surface area contributed by atoms with Crippen molar-refractivity contribution < 1.29 is 0 Å². The van der Waals surface area contributed by atoms with Crippen molar-refractivity contribution in [3.63, 3.8) is 0 Å². The van der Waals surface area contributed by atoms with Crippen LogP contribution in [0.25, 0.3) is 55.3 Å². The first-order valence-corrected chi connectivity index (χ1v) is 31.1. The average Bonchev–Trinajstić information content (AvgIpc) is 4.10. The number of hydrogen-bond acceptors (Lipinski definition) is 1. The van der Waals surface area contributed by atoms with Gasteiger partial charge in [0.2, 0.25) is 0 Å². The third-order valence-corrected chi connectivity index (χ3v) is 25.0. The quantitative estimate of drug-likeness (QED) is 0.103. The van der Waals surface area contributed by atoms with Crippen molar-refractivity contribution >= 4 is 56.7 Å².